The van der Waals surface area contributed by atoms with Gasteiger partial charge in [-0.1, -0.05) is 18.7 Å². The number of nitrogens with one attached hydrogen (secondary N) is 1. The van der Waals surface area contributed by atoms with Crippen LogP contribution < -0.4 is 5.32 Å². The Morgan fingerprint density at radius 1 is 1.60 bits per heavy atom. The van der Waals surface area contributed by atoms with Crippen molar-refractivity contribution in [3.05, 3.63) is 47.3 Å². The summed E-state index contributed by atoms with van der Waals surface area (Å²) in [4.78, 5) is 1.36. The zero-order valence-corrected chi connectivity index (χ0v) is 10.0. The molecule has 0 bridgehead atoms. The molecule has 2 nitrogen and oxygen atoms in total. The zero-order chi connectivity index (χ0) is 11.5. The minimum atomic E-state index is 0.938. The summed E-state index contributed by atoms with van der Waals surface area (Å²) >= 11 is 1.77. The molecule has 0 aromatic carbocycles. The van der Waals surface area contributed by atoms with E-state index in [1.807, 2.05) is 6.08 Å². The predicted molar refractivity (Wildman–Crippen MR) is 68.1 cm³/mol. The molecule has 1 aromatic rings. The minimum Gasteiger partial charge on any atom is -0.400 e. The number of thiophene rings is 1. The van der Waals surface area contributed by atoms with E-state index in [1.54, 1.807) is 11.3 Å². The van der Waals surface area contributed by atoms with Crippen LogP contribution in [-0.2, 0) is 6.42 Å². The van der Waals surface area contributed by atoms with Crippen LogP contribution in [0, 0.1) is 0 Å². The molecule has 0 aliphatic heterocycles. The largest absolute Gasteiger partial charge is 0.400 e. The lowest BCUT2D eigenvalue weighted by Gasteiger charge is -2.06. The molecule has 0 fully saturated rings. The van der Waals surface area contributed by atoms with Gasteiger partial charge in [-0.25, -0.2) is 0 Å². The summed E-state index contributed by atoms with van der Waals surface area (Å²) in [7, 11) is 1.00. The van der Waals surface area contributed by atoms with Gasteiger partial charge in [0.2, 0.25) is 0 Å². The zero-order valence-electron chi connectivity index (χ0n) is 9.20. The first-order valence-electron chi connectivity index (χ1n) is 4.82. The van der Waals surface area contributed by atoms with Crippen LogP contribution in [0.4, 0.5) is 0 Å². The highest BCUT2D eigenvalue weighted by atomic mass is 32.1. The van der Waals surface area contributed by atoms with Crippen LogP contribution in [0.2, 0.25) is 0 Å². The molecule has 0 aliphatic rings. The number of hydrogen-bond acceptors (Lipinski definition) is 3. The van der Waals surface area contributed by atoms with Gasteiger partial charge < -0.3 is 10.4 Å². The van der Waals surface area contributed by atoms with E-state index < -0.39 is 0 Å². The molecule has 2 N–H and O–H groups in total. The van der Waals surface area contributed by atoms with E-state index in [0.717, 1.165) is 32.2 Å². The van der Waals surface area contributed by atoms with E-state index in [2.05, 4.69) is 36.0 Å². The average Bonchev–Trinajstić information content (AvgIpc) is 2.74. The van der Waals surface area contributed by atoms with Gasteiger partial charge in [-0.3, -0.25) is 0 Å². The van der Waals surface area contributed by atoms with Crippen LogP contribution in [0.15, 0.2) is 42.4 Å². The van der Waals surface area contributed by atoms with Crippen molar-refractivity contribution in [3.63, 3.8) is 0 Å². The van der Waals surface area contributed by atoms with Gasteiger partial charge in [0, 0.05) is 30.6 Å². The Bertz CT molecular complexity index is 267. The normalized spacial score (nSPS) is 8.67. The average molecular weight is 225 g/mol. The molecule has 15 heavy (non-hydrogen) atoms. The lowest BCUT2D eigenvalue weighted by atomic mass is 10.3. The Balaban J connectivity index is 0.000000921. The molecule has 84 valence electrons. The second kappa shape index (κ2) is 9.49. The van der Waals surface area contributed by atoms with Gasteiger partial charge in [0.15, 0.2) is 0 Å². The van der Waals surface area contributed by atoms with Gasteiger partial charge in [0.05, 0.1) is 0 Å². The molecule has 0 aliphatic carbocycles. The Morgan fingerprint density at radius 2 is 2.33 bits per heavy atom. The van der Waals surface area contributed by atoms with Crippen molar-refractivity contribution in [1.29, 1.82) is 0 Å². The number of allylic oxidation sites excluding steroid dienone is 1. The van der Waals surface area contributed by atoms with E-state index in [4.69, 9.17) is 5.11 Å². The van der Waals surface area contributed by atoms with Gasteiger partial charge in [-0.2, -0.15) is 0 Å². The maximum atomic E-state index is 7.00. The Morgan fingerprint density at radius 3 is 2.87 bits per heavy atom. The third-order valence-electron chi connectivity index (χ3n) is 1.69. The lowest BCUT2D eigenvalue weighted by molar-refractivity contribution is 0.399. The fraction of sp³-hybridized carbons (Fsp3) is 0.333. The molecule has 1 rings (SSSR count). The topological polar surface area (TPSA) is 32.3 Å². The van der Waals surface area contributed by atoms with Crippen molar-refractivity contribution in [2.75, 3.05) is 13.7 Å². The summed E-state index contributed by atoms with van der Waals surface area (Å²) < 4.78 is 0. The molecular weight excluding hydrogens is 206 g/mol. The number of hydrogen-bond donors (Lipinski definition) is 2. The maximum absolute atomic E-state index is 7.00. The van der Waals surface area contributed by atoms with Crippen LogP contribution in [0.1, 0.15) is 11.3 Å². The second-order valence-corrected chi connectivity index (χ2v) is 3.90. The SMILES string of the molecule is C=CCCNC(=C)Cc1cccs1.CO. The van der Waals surface area contributed by atoms with Crippen LogP contribution >= 0.6 is 11.3 Å². The molecular formula is C12H19NOS. The Labute approximate surface area is 96.0 Å². The monoisotopic (exact) mass is 225 g/mol. The summed E-state index contributed by atoms with van der Waals surface area (Å²) in [6, 6.07) is 4.20. The van der Waals surface area contributed by atoms with Gasteiger partial charge >= 0.3 is 0 Å². The first-order valence-corrected chi connectivity index (χ1v) is 5.70. The number of aliphatic hydroxyl groups excluding tert-OH is 1. The minimum absolute atomic E-state index is 0.938. The first kappa shape index (κ1) is 13.9. The highest BCUT2D eigenvalue weighted by Gasteiger charge is 1.96. The first-order chi connectivity index (χ1) is 7.33. The quantitative estimate of drug-likeness (QED) is 0.576. The van der Waals surface area contributed by atoms with Gasteiger partial charge in [0.1, 0.15) is 0 Å². The lowest BCUT2D eigenvalue weighted by Crippen LogP contribution is -2.14. The summed E-state index contributed by atoms with van der Waals surface area (Å²) in [6.07, 6.45) is 3.84. The fourth-order valence-electron chi connectivity index (χ4n) is 1.04. The molecule has 1 heterocycles. The fourth-order valence-corrected chi connectivity index (χ4v) is 1.78. The molecule has 0 atom stereocenters. The van der Waals surface area contributed by atoms with Crippen molar-refractivity contribution in [2.45, 2.75) is 12.8 Å². The predicted octanol–water partition coefficient (Wildman–Crippen LogP) is 2.58. The van der Waals surface area contributed by atoms with Gasteiger partial charge in [-0.15, -0.1) is 17.9 Å². The molecule has 0 unspecified atom stereocenters. The van der Waals surface area contributed by atoms with E-state index in [0.29, 0.717) is 0 Å². The molecule has 1 aromatic heterocycles. The number of aliphatic hydroxyl groups is 1. The second-order valence-electron chi connectivity index (χ2n) is 2.86. The molecule has 3 heteroatoms. The Kier molecular flexibility index (Phi) is 8.82. The van der Waals surface area contributed by atoms with E-state index in [-0.39, 0.29) is 0 Å². The standard InChI is InChI=1S/C11H15NS.CH4O/c1-3-4-7-12-10(2)9-11-6-5-8-13-11;1-2/h3,5-6,8,12H,1-2,4,7,9H2;2H,1H3. The van der Waals surface area contributed by atoms with Crippen LogP contribution in [0.25, 0.3) is 0 Å². The van der Waals surface area contributed by atoms with Crippen LogP contribution in [0.3, 0.4) is 0 Å². The molecule has 0 saturated carbocycles. The third kappa shape index (κ3) is 6.94. The molecule has 0 amide bonds. The Hall–Kier alpha value is -1.06. The van der Waals surface area contributed by atoms with Gasteiger partial charge in [0.25, 0.3) is 0 Å². The summed E-state index contributed by atoms with van der Waals surface area (Å²) in [5, 5.41) is 12.4. The van der Waals surface area contributed by atoms with E-state index in [1.165, 1.54) is 4.88 Å². The van der Waals surface area contributed by atoms with E-state index >= 15 is 0 Å². The van der Waals surface area contributed by atoms with Crippen molar-refractivity contribution in [1.82, 2.24) is 5.32 Å². The highest BCUT2D eigenvalue weighted by molar-refractivity contribution is 7.09. The molecule has 0 radical (unpaired) electrons. The maximum Gasteiger partial charge on any atom is 0.0319 e. The number of rotatable bonds is 6. The summed E-state index contributed by atoms with van der Waals surface area (Å²) in [5.41, 5.74) is 1.09. The summed E-state index contributed by atoms with van der Waals surface area (Å²) in [6.45, 7) is 8.57. The van der Waals surface area contributed by atoms with Gasteiger partial charge in [-0.05, 0) is 17.9 Å². The van der Waals surface area contributed by atoms with Crippen LogP contribution in [-0.4, -0.2) is 18.8 Å². The molecule has 0 spiro atoms. The van der Waals surface area contributed by atoms with Crippen molar-refractivity contribution in [2.24, 2.45) is 0 Å². The summed E-state index contributed by atoms with van der Waals surface area (Å²) in [5.74, 6) is 0. The smallest absolute Gasteiger partial charge is 0.0319 e. The third-order valence-corrected chi connectivity index (χ3v) is 2.57. The molecule has 0 saturated heterocycles. The van der Waals surface area contributed by atoms with Crippen molar-refractivity contribution >= 4 is 11.3 Å². The van der Waals surface area contributed by atoms with Crippen LogP contribution in [0.5, 0.6) is 0 Å². The van der Waals surface area contributed by atoms with Crippen molar-refractivity contribution in [3.8, 4) is 0 Å². The van der Waals surface area contributed by atoms with E-state index in [9.17, 15) is 0 Å². The highest BCUT2D eigenvalue weighted by Crippen LogP contribution is 2.11. The van der Waals surface area contributed by atoms with Crippen molar-refractivity contribution < 1.29 is 5.11 Å².